The summed E-state index contributed by atoms with van der Waals surface area (Å²) in [7, 11) is 0. The molecule has 2 fully saturated rings. The van der Waals surface area contributed by atoms with Crippen molar-refractivity contribution in [2.24, 2.45) is 11.8 Å². The van der Waals surface area contributed by atoms with E-state index in [-0.39, 0.29) is 5.91 Å². The van der Waals surface area contributed by atoms with Crippen molar-refractivity contribution in [2.75, 3.05) is 18.5 Å². The minimum Gasteiger partial charge on any atom is -0.381 e. The topological polar surface area (TPSA) is 88.0 Å². The van der Waals surface area contributed by atoms with Gasteiger partial charge in [-0.25, -0.2) is 0 Å². The van der Waals surface area contributed by atoms with Gasteiger partial charge in [0.2, 0.25) is 5.13 Å². The Kier molecular flexibility index (Phi) is 5.15. The number of ether oxygens (including phenoxy) is 1. The van der Waals surface area contributed by atoms with Gasteiger partial charge in [-0.2, -0.15) is 0 Å². The summed E-state index contributed by atoms with van der Waals surface area (Å²) in [6, 6.07) is 1.97. The smallest absolute Gasteiger partial charge is 0.258 e. The SMILES string of the molecule is Cc1nnc(NC(=O)c2csc(C3CC3C(=N)CC3CCOCC3)c2)s1. The minimum atomic E-state index is -0.141. The quantitative estimate of drug-likeness (QED) is 0.727. The lowest BCUT2D eigenvalue weighted by atomic mass is 9.92. The van der Waals surface area contributed by atoms with E-state index in [1.807, 2.05) is 18.4 Å². The molecule has 1 saturated carbocycles. The molecule has 0 bridgehead atoms. The predicted octanol–water partition coefficient (Wildman–Crippen LogP) is 4.10. The fourth-order valence-corrected chi connectivity index (χ4v) is 5.15. The van der Waals surface area contributed by atoms with Crippen LogP contribution < -0.4 is 5.32 Å². The van der Waals surface area contributed by atoms with Crippen LogP contribution in [0.4, 0.5) is 5.13 Å². The van der Waals surface area contributed by atoms with Gasteiger partial charge in [0.15, 0.2) is 0 Å². The highest BCUT2D eigenvalue weighted by atomic mass is 32.1. The molecule has 138 valence electrons. The molecular weight excluding hydrogens is 368 g/mol. The number of aryl methyl sites for hydroxylation is 1. The molecule has 0 radical (unpaired) electrons. The zero-order chi connectivity index (χ0) is 18.1. The van der Waals surface area contributed by atoms with E-state index in [4.69, 9.17) is 10.1 Å². The van der Waals surface area contributed by atoms with Crippen molar-refractivity contribution >= 4 is 39.4 Å². The summed E-state index contributed by atoms with van der Waals surface area (Å²) in [5, 5.41) is 22.3. The van der Waals surface area contributed by atoms with Crippen LogP contribution in [-0.4, -0.2) is 35.0 Å². The summed E-state index contributed by atoms with van der Waals surface area (Å²) in [5.41, 5.74) is 1.55. The average molecular weight is 391 g/mol. The molecule has 8 heteroatoms. The molecule has 1 aliphatic heterocycles. The fourth-order valence-electron chi connectivity index (χ4n) is 3.49. The zero-order valence-electron chi connectivity index (χ0n) is 14.7. The Morgan fingerprint density at radius 2 is 2.19 bits per heavy atom. The van der Waals surface area contributed by atoms with Crippen LogP contribution in [0.5, 0.6) is 0 Å². The van der Waals surface area contributed by atoms with Crippen LogP contribution in [0.2, 0.25) is 0 Å². The van der Waals surface area contributed by atoms with Crippen molar-refractivity contribution in [1.82, 2.24) is 10.2 Å². The summed E-state index contributed by atoms with van der Waals surface area (Å²) < 4.78 is 5.40. The first-order valence-electron chi connectivity index (χ1n) is 8.95. The van der Waals surface area contributed by atoms with E-state index < -0.39 is 0 Å². The Hall–Kier alpha value is -1.64. The Morgan fingerprint density at radius 3 is 2.92 bits per heavy atom. The molecule has 2 unspecified atom stereocenters. The normalized spacial score (nSPS) is 23.0. The van der Waals surface area contributed by atoms with Gasteiger partial charge < -0.3 is 10.1 Å². The van der Waals surface area contributed by atoms with Crippen LogP contribution >= 0.6 is 22.7 Å². The molecule has 3 heterocycles. The number of thiophene rings is 1. The Bertz CT molecular complexity index is 810. The molecule has 6 nitrogen and oxygen atoms in total. The first-order chi connectivity index (χ1) is 12.6. The lowest BCUT2D eigenvalue weighted by molar-refractivity contribution is 0.0682. The lowest BCUT2D eigenvalue weighted by Crippen LogP contribution is -2.19. The molecule has 1 saturated heterocycles. The van der Waals surface area contributed by atoms with Crippen LogP contribution in [0.25, 0.3) is 0 Å². The van der Waals surface area contributed by atoms with Gasteiger partial charge in [0, 0.05) is 41.0 Å². The summed E-state index contributed by atoms with van der Waals surface area (Å²) in [4.78, 5) is 13.6. The van der Waals surface area contributed by atoms with Gasteiger partial charge in [0.25, 0.3) is 5.91 Å². The number of rotatable bonds is 6. The molecule has 2 aliphatic rings. The maximum atomic E-state index is 12.3. The molecule has 2 aromatic heterocycles. The van der Waals surface area contributed by atoms with Crippen LogP contribution in [0, 0.1) is 24.2 Å². The number of carbonyl (C=O) groups is 1. The highest BCUT2D eigenvalue weighted by Crippen LogP contribution is 2.51. The molecule has 4 rings (SSSR count). The van der Waals surface area contributed by atoms with Crippen molar-refractivity contribution in [3.8, 4) is 0 Å². The summed E-state index contributed by atoms with van der Waals surface area (Å²) in [6.07, 6.45) is 4.10. The number of nitrogens with one attached hydrogen (secondary N) is 2. The summed E-state index contributed by atoms with van der Waals surface area (Å²) in [6.45, 7) is 3.53. The van der Waals surface area contributed by atoms with Crippen molar-refractivity contribution in [2.45, 2.75) is 38.5 Å². The van der Waals surface area contributed by atoms with Gasteiger partial charge in [-0.05, 0) is 44.6 Å². The van der Waals surface area contributed by atoms with E-state index in [1.165, 1.54) is 16.2 Å². The van der Waals surface area contributed by atoms with Gasteiger partial charge in [0.1, 0.15) is 5.01 Å². The fraction of sp³-hybridized carbons (Fsp3) is 0.556. The second kappa shape index (κ2) is 7.54. The second-order valence-corrected chi connectivity index (χ2v) is 9.18. The van der Waals surface area contributed by atoms with E-state index in [0.717, 1.165) is 49.6 Å². The molecule has 26 heavy (non-hydrogen) atoms. The Balaban J connectivity index is 1.32. The maximum Gasteiger partial charge on any atom is 0.258 e. The van der Waals surface area contributed by atoms with Crippen LogP contribution in [0.15, 0.2) is 11.4 Å². The van der Waals surface area contributed by atoms with E-state index in [2.05, 4.69) is 15.5 Å². The zero-order valence-corrected chi connectivity index (χ0v) is 16.3. The van der Waals surface area contributed by atoms with Crippen molar-refractivity contribution in [1.29, 1.82) is 5.41 Å². The highest BCUT2D eigenvalue weighted by Gasteiger charge is 2.42. The molecular formula is C18H22N4O2S2. The number of anilines is 1. The third kappa shape index (κ3) is 4.02. The van der Waals surface area contributed by atoms with Crippen LogP contribution in [0.1, 0.15) is 51.8 Å². The molecule has 1 amide bonds. The molecule has 2 N–H and O–H groups in total. The van der Waals surface area contributed by atoms with E-state index >= 15 is 0 Å². The highest BCUT2D eigenvalue weighted by molar-refractivity contribution is 7.15. The van der Waals surface area contributed by atoms with Crippen molar-refractivity contribution in [3.63, 3.8) is 0 Å². The van der Waals surface area contributed by atoms with E-state index in [0.29, 0.717) is 28.4 Å². The lowest BCUT2D eigenvalue weighted by Gasteiger charge is -2.22. The Morgan fingerprint density at radius 1 is 1.38 bits per heavy atom. The largest absolute Gasteiger partial charge is 0.381 e. The summed E-state index contributed by atoms with van der Waals surface area (Å²) in [5.74, 6) is 1.24. The second-order valence-electron chi connectivity index (χ2n) is 7.05. The standard InChI is InChI=1S/C18H22N4O2S2/c1-10-21-22-18(26-10)20-17(23)12-7-16(25-9-12)14-8-13(14)15(19)6-11-2-4-24-5-3-11/h7,9,11,13-14,19H,2-6,8H2,1H3,(H,20,22,23). The number of hydrogen-bond acceptors (Lipinski definition) is 7. The molecule has 0 aromatic carbocycles. The third-order valence-corrected chi connectivity index (χ3v) is 6.90. The predicted molar refractivity (Wildman–Crippen MR) is 104 cm³/mol. The number of amides is 1. The number of hydrogen-bond donors (Lipinski definition) is 2. The van der Waals surface area contributed by atoms with Crippen molar-refractivity contribution < 1.29 is 9.53 Å². The van der Waals surface area contributed by atoms with E-state index in [9.17, 15) is 4.79 Å². The molecule has 1 aliphatic carbocycles. The Labute approximate surface area is 160 Å². The molecule has 2 atom stereocenters. The van der Waals surface area contributed by atoms with Gasteiger partial charge in [-0.15, -0.1) is 21.5 Å². The first-order valence-corrected chi connectivity index (χ1v) is 10.6. The number of aromatic nitrogens is 2. The van der Waals surface area contributed by atoms with Gasteiger partial charge in [0.05, 0.1) is 5.56 Å². The van der Waals surface area contributed by atoms with Crippen LogP contribution in [-0.2, 0) is 4.74 Å². The monoisotopic (exact) mass is 390 g/mol. The molecule has 2 aromatic rings. The van der Waals surface area contributed by atoms with Gasteiger partial charge in [-0.1, -0.05) is 11.3 Å². The van der Waals surface area contributed by atoms with Crippen LogP contribution in [0.3, 0.4) is 0 Å². The van der Waals surface area contributed by atoms with Gasteiger partial charge >= 0.3 is 0 Å². The minimum absolute atomic E-state index is 0.141. The first kappa shape index (κ1) is 17.8. The third-order valence-electron chi connectivity index (χ3n) is 5.08. The average Bonchev–Trinajstić information content (AvgIpc) is 3.09. The van der Waals surface area contributed by atoms with Gasteiger partial charge in [-0.3, -0.25) is 10.1 Å². The number of nitrogens with zero attached hydrogens (tertiary/aromatic N) is 2. The van der Waals surface area contributed by atoms with E-state index in [1.54, 1.807) is 11.3 Å². The maximum absolute atomic E-state index is 12.3. The summed E-state index contributed by atoms with van der Waals surface area (Å²) >= 11 is 2.99. The van der Waals surface area contributed by atoms with Crippen molar-refractivity contribution in [3.05, 3.63) is 26.9 Å². The number of carbonyl (C=O) groups excluding carboxylic acids is 1. The molecule has 0 spiro atoms.